The molecule has 0 aliphatic heterocycles. The predicted octanol–water partition coefficient (Wildman–Crippen LogP) is 1.64. The average molecular weight is 245 g/mol. The number of rotatable bonds is 5. The molecular formula is C14H19N3O. The molecule has 1 atom stereocenters. The first-order valence-corrected chi connectivity index (χ1v) is 6.02. The Morgan fingerprint density at radius 3 is 2.83 bits per heavy atom. The molecule has 1 aromatic heterocycles. The zero-order valence-electron chi connectivity index (χ0n) is 10.8. The maximum absolute atomic E-state index is 5.94. The topological polar surface area (TPSA) is 51.4 Å². The average Bonchev–Trinajstić information content (AvgIpc) is 2.38. The molecule has 0 amide bonds. The molecule has 1 aromatic carbocycles. The van der Waals surface area contributed by atoms with E-state index in [4.69, 9.17) is 10.5 Å². The van der Waals surface area contributed by atoms with E-state index in [2.05, 4.69) is 22.0 Å². The van der Waals surface area contributed by atoms with Gasteiger partial charge in [-0.1, -0.05) is 18.2 Å². The quantitative estimate of drug-likeness (QED) is 0.870. The van der Waals surface area contributed by atoms with Gasteiger partial charge in [0, 0.05) is 32.1 Å². The molecule has 0 aliphatic rings. The van der Waals surface area contributed by atoms with Gasteiger partial charge in [-0.3, -0.25) is 0 Å². The molecule has 0 saturated heterocycles. The van der Waals surface area contributed by atoms with Gasteiger partial charge in [-0.05, 0) is 18.2 Å². The van der Waals surface area contributed by atoms with Crippen LogP contribution in [0.3, 0.4) is 0 Å². The first-order chi connectivity index (χ1) is 8.70. The van der Waals surface area contributed by atoms with Crippen LogP contribution < -0.4 is 10.6 Å². The second-order valence-corrected chi connectivity index (χ2v) is 4.46. The highest BCUT2D eigenvalue weighted by Crippen LogP contribution is 2.16. The minimum absolute atomic E-state index is 0.00623. The van der Waals surface area contributed by atoms with E-state index in [9.17, 15) is 0 Å². The Morgan fingerprint density at radius 2 is 2.06 bits per heavy atom. The van der Waals surface area contributed by atoms with Crippen molar-refractivity contribution in [3.63, 3.8) is 0 Å². The van der Waals surface area contributed by atoms with Crippen LogP contribution in [-0.2, 0) is 4.74 Å². The molecule has 96 valence electrons. The maximum atomic E-state index is 5.94. The van der Waals surface area contributed by atoms with E-state index < -0.39 is 0 Å². The molecule has 4 heteroatoms. The van der Waals surface area contributed by atoms with Gasteiger partial charge in [-0.25, -0.2) is 4.98 Å². The summed E-state index contributed by atoms with van der Waals surface area (Å²) in [5.41, 5.74) is 6.94. The van der Waals surface area contributed by atoms with Crippen LogP contribution in [0.2, 0.25) is 0 Å². The summed E-state index contributed by atoms with van der Waals surface area (Å²) in [7, 11) is 3.65. The fraction of sp³-hybridized carbons (Fsp3) is 0.357. The van der Waals surface area contributed by atoms with Crippen molar-refractivity contribution in [1.82, 2.24) is 4.98 Å². The zero-order valence-corrected chi connectivity index (χ0v) is 10.8. The Bertz CT molecular complexity index is 515. The molecule has 0 saturated carbocycles. The van der Waals surface area contributed by atoms with Crippen molar-refractivity contribution < 1.29 is 4.74 Å². The molecular weight excluding hydrogens is 226 g/mol. The fourth-order valence-corrected chi connectivity index (χ4v) is 1.98. The summed E-state index contributed by atoms with van der Waals surface area (Å²) >= 11 is 0. The van der Waals surface area contributed by atoms with Crippen molar-refractivity contribution in [3.8, 4) is 0 Å². The standard InChI is InChI=1S/C14H19N3O/c1-17(9-12(15)10-18-2)14-8-7-11-5-3-4-6-13(11)16-14/h3-8,12H,9-10,15H2,1-2H3. The van der Waals surface area contributed by atoms with Gasteiger partial charge < -0.3 is 15.4 Å². The van der Waals surface area contributed by atoms with Gasteiger partial charge in [-0.2, -0.15) is 0 Å². The first-order valence-electron chi connectivity index (χ1n) is 6.02. The number of methoxy groups -OCH3 is 1. The molecule has 0 fully saturated rings. The number of pyridine rings is 1. The first kappa shape index (κ1) is 12.8. The summed E-state index contributed by atoms with van der Waals surface area (Å²) in [6.45, 7) is 1.27. The summed E-state index contributed by atoms with van der Waals surface area (Å²) in [5.74, 6) is 0.931. The van der Waals surface area contributed by atoms with Crippen molar-refractivity contribution in [3.05, 3.63) is 36.4 Å². The van der Waals surface area contributed by atoms with E-state index in [-0.39, 0.29) is 6.04 Å². The van der Waals surface area contributed by atoms with Gasteiger partial charge in [0.05, 0.1) is 12.1 Å². The van der Waals surface area contributed by atoms with Crippen LogP contribution in [0.5, 0.6) is 0 Å². The molecule has 0 radical (unpaired) electrons. The van der Waals surface area contributed by atoms with Crippen LogP contribution in [0.4, 0.5) is 5.82 Å². The number of anilines is 1. The van der Waals surface area contributed by atoms with Crippen LogP contribution in [0.25, 0.3) is 10.9 Å². The van der Waals surface area contributed by atoms with Crippen LogP contribution >= 0.6 is 0 Å². The highest BCUT2D eigenvalue weighted by Gasteiger charge is 2.08. The number of para-hydroxylation sites is 1. The number of ether oxygens (including phenoxy) is 1. The van der Waals surface area contributed by atoms with Gasteiger partial charge in [0.25, 0.3) is 0 Å². The molecule has 0 aliphatic carbocycles. The predicted molar refractivity (Wildman–Crippen MR) is 74.9 cm³/mol. The lowest BCUT2D eigenvalue weighted by Crippen LogP contribution is -2.38. The highest BCUT2D eigenvalue weighted by atomic mass is 16.5. The van der Waals surface area contributed by atoms with Crippen molar-refractivity contribution >= 4 is 16.7 Å². The summed E-state index contributed by atoms with van der Waals surface area (Å²) in [5, 5.41) is 1.15. The molecule has 0 spiro atoms. The van der Waals surface area contributed by atoms with E-state index in [1.165, 1.54) is 0 Å². The van der Waals surface area contributed by atoms with Gasteiger partial charge in [-0.15, -0.1) is 0 Å². The highest BCUT2D eigenvalue weighted by molar-refractivity contribution is 5.80. The van der Waals surface area contributed by atoms with E-state index in [1.54, 1.807) is 7.11 Å². The van der Waals surface area contributed by atoms with Gasteiger partial charge in [0.1, 0.15) is 5.82 Å². The normalized spacial score (nSPS) is 12.6. The smallest absolute Gasteiger partial charge is 0.129 e. The number of fused-ring (bicyclic) bond motifs is 1. The molecule has 18 heavy (non-hydrogen) atoms. The zero-order chi connectivity index (χ0) is 13.0. The number of benzene rings is 1. The Balaban J connectivity index is 2.15. The number of nitrogens with two attached hydrogens (primary N) is 1. The van der Waals surface area contributed by atoms with Crippen LogP contribution in [0.1, 0.15) is 0 Å². The van der Waals surface area contributed by atoms with Crippen molar-refractivity contribution in [2.24, 2.45) is 5.73 Å². The van der Waals surface area contributed by atoms with E-state index in [1.807, 2.05) is 31.3 Å². The lowest BCUT2D eigenvalue weighted by molar-refractivity contribution is 0.181. The minimum atomic E-state index is -0.00623. The fourth-order valence-electron chi connectivity index (χ4n) is 1.98. The molecule has 2 aromatic rings. The third kappa shape index (κ3) is 2.97. The van der Waals surface area contributed by atoms with Crippen molar-refractivity contribution in [1.29, 1.82) is 0 Å². The molecule has 2 rings (SSSR count). The van der Waals surface area contributed by atoms with Crippen LogP contribution in [0.15, 0.2) is 36.4 Å². The Hall–Kier alpha value is -1.65. The van der Waals surface area contributed by atoms with E-state index in [0.29, 0.717) is 6.61 Å². The Labute approximate surface area is 107 Å². The molecule has 1 unspecified atom stereocenters. The number of nitrogens with zero attached hydrogens (tertiary/aromatic N) is 2. The van der Waals surface area contributed by atoms with E-state index in [0.717, 1.165) is 23.3 Å². The van der Waals surface area contributed by atoms with Gasteiger partial charge in [0.2, 0.25) is 0 Å². The minimum Gasteiger partial charge on any atom is -0.383 e. The third-order valence-electron chi connectivity index (χ3n) is 2.86. The summed E-state index contributed by atoms with van der Waals surface area (Å²) in [6, 6.07) is 12.2. The monoisotopic (exact) mass is 245 g/mol. The molecule has 2 N–H and O–H groups in total. The lowest BCUT2D eigenvalue weighted by atomic mass is 10.2. The number of hydrogen-bond donors (Lipinski definition) is 1. The number of likely N-dealkylation sites (N-methyl/N-ethyl adjacent to an activating group) is 1. The lowest BCUT2D eigenvalue weighted by Gasteiger charge is -2.22. The molecule has 4 nitrogen and oxygen atoms in total. The maximum Gasteiger partial charge on any atom is 0.129 e. The second kappa shape index (κ2) is 5.80. The number of aromatic nitrogens is 1. The van der Waals surface area contributed by atoms with Crippen LogP contribution in [-0.4, -0.2) is 38.3 Å². The molecule has 0 bridgehead atoms. The van der Waals surface area contributed by atoms with E-state index >= 15 is 0 Å². The summed E-state index contributed by atoms with van der Waals surface area (Å²) in [6.07, 6.45) is 0. The SMILES string of the molecule is COCC(N)CN(C)c1ccc2ccccc2n1. The second-order valence-electron chi connectivity index (χ2n) is 4.46. The summed E-state index contributed by atoms with van der Waals surface area (Å²) in [4.78, 5) is 6.67. The van der Waals surface area contributed by atoms with Crippen molar-refractivity contribution in [2.45, 2.75) is 6.04 Å². The molecule has 1 heterocycles. The Morgan fingerprint density at radius 1 is 1.28 bits per heavy atom. The largest absolute Gasteiger partial charge is 0.383 e. The van der Waals surface area contributed by atoms with Gasteiger partial charge in [0.15, 0.2) is 0 Å². The number of hydrogen-bond acceptors (Lipinski definition) is 4. The van der Waals surface area contributed by atoms with Crippen molar-refractivity contribution in [2.75, 3.05) is 32.2 Å². The van der Waals surface area contributed by atoms with Crippen LogP contribution in [0, 0.1) is 0 Å². The van der Waals surface area contributed by atoms with Gasteiger partial charge >= 0.3 is 0 Å². The Kier molecular flexibility index (Phi) is 4.12. The third-order valence-corrected chi connectivity index (χ3v) is 2.86. The summed E-state index contributed by atoms with van der Waals surface area (Å²) < 4.78 is 5.04.